The summed E-state index contributed by atoms with van der Waals surface area (Å²) in [7, 11) is 0. The first kappa shape index (κ1) is 23.7. The average Bonchev–Trinajstić information content (AvgIpc) is 3.41. The molecule has 0 unspecified atom stereocenters. The maximum absolute atomic E-state index is 13.1. The fourth-order valence-electron chi connectivity index (χ4n) is 3.41. The Morgan fingerprint density at radius 3 is 2.62 bits per heavy atom. The van der Waals surface area contributed by atoms with Crippen molar-refractivity contribution in [3.8, 4) is 0 Å². The van der Waals surface area contributed by atoms with E-state index < -0.39 is 0 Å². The minimum Gasteiger partial charge on any atom is -0.454 e. The van der Waals surface area contributed by atoms with Crippen molar-refractivity contribution in [3.63, 3.8) is 0 Å². The van der Waals surface area contributed by atoms with Crippen molar-refractivity contribution in [1.82, 2.24) is 14.8 Å². The molecular weight excluding hydrogens is 426 g/mol. The highest BCUT2D eigenvalue weighted by molar-refractivity contribution is 6.33. The quantitative estimate of drug-likeness (QED) is 0.455. The molecule has 0 aliphatic carbocycles. The summed E-state index contributed by atoms with van der Waals surface area (Å²) in [6, 6.07) is 14.5. The zero-order valence-corrected chi connectivity index (χ0v) is 19.6. The van der Waals surface area contributed by atoms with Gasteiger partial charge in [-0.25, -0.2) is 0 Å². The van der Waals surface area contributed by atoms with Gasteiger partial charge in [-0.3, -0.25) is 9.59 Å². The lowest BCUT2D eigenvalue weighted by atomic mass is 10.2. The molecule has 2 aromatic heterocycles. The molecule has 6 nitrogen and oxygen atoms in total. The number of carbonyl (C=O) groups excluding carboxylic acids is 2. The van der Waals surface area contributed by atoms with E-state index in [1.807, 2.05) is 61.9 Å². The second-order valence-corrected chi connectivity index (χ2v) is 8.61. The highest BCUT2D eigenvalue weighted by atomic mass is 35.5. The smallest absolute Gasteiger partial charge is 0.287 e. The number of hydrogen-bond donors (Lipinski definition) is 1. The topological polar surface area (TPSA) is 67.5 Å². The molecule has 0 atom stereocenters. The molecular formula is C25H30ClN3O3. The second-order valence-electron chi connectivity index (χ2n) is 8.20. The molecule has 2 amide bonds. The van der Waals surface area contributed by atoms with Crippen LogP contribution >= 0.6 is 11.6 Å². The monoisotopic (exact) mass is 455 g/mol. The molecule has 0 saturated heterocycles. The van der Waals surface area contributed by atoms with Crippen LogP contribution in [-0.2, 0) is 13.1 Å². The molecule has 0 saturated carbocycles. The van der Waals surface area contributed by atoms with E-state index in [0.29, 0.717) is 54.2 Å². The highest BCUT2D eigenvalue weighted by Gasteiger charge is 2.19. The van der Waals surface area contributed by atoms with Gasteiger partial charge in [0, 0.05) is 25.0 Å². The fourth-order valence-corrected chi connectivity index (χ4v) is 3.62. The first-order valence-electron chi connectivity index (χ1n) is 10.9. The maximum atomic E-state index is 13.1. The van der Waals surface area contributed by atoms with E-state index in [1.165, 1.54) is 0 Å². The molecule has 0 fully saturated rings. The molecule has 0 aliphatic heterocycles. The van der Waals surface area contributed by atoms with E-state index in [4.69, 9.17) is 16.0 Å². The SMILES string of the molecule is CCCN(Cc1cccn1Cc1ccc(C(=O)NCC(C)C)o1)C(=O)c1ccccc1Cl. The van der Waals surface area contributed by atoms with Gasteiger partial charge in [0.25, 0.3) is 11.8 Å². The Kier molecular flexibility index (Phi) is 8.17. The maximum Gasteiger partial charge on any atom is 0.287 e. The van der Waals surface area contributed by atoms with Crippen molar-refractivity contribution in [1.29, 1.82) is 0 Å². The number of amides is 2. The summed E-state index contributed by atoms with van der Waals surface area (Å²) in [6.45, 7) is 8.27. The van der Waals surface area contributed by atoms with E-state index in [1.54, 1.807) is 23.1 Å². The van der Waals surface area contributed by atoms with Gasteiger partial charge < -0.3 is 19.2 Å². The van der Waals surface area contributed by atoms with Gasteiger partial charge >= 0.3 is 0 Å². The van der Waals surface area contributed by atoms with Crippen molar-refractivity contribution in [2.45, 2.75) is 40.3 Å². The van der Waals surface area contributed by atoms with Gasteiger partial charge in [-0.15, -0.1) is 0 Å². The Balaban J connectivity index is 1.71. The zero-order valence-electron chi connectivity index (χ0n) is 18.8. The number of halogens is 1. The average molecular weight is 456 g/mol. The number of carbonyl (C=O) groups is 2. The number of hydrogen-bond acceptors (Lipinski definition) is 3. The molecule has 0 spiro atoms. The summed E-state index contributed by atoms with van der Waals surface area (Å²) in [4.78, 5) is 27.1. The zero-order chi connectivity index (χ0) is 23.1. The number of furan rings is 1. The molecule has 170 valence electrons. The summed E-state index contributed by atoms with van der Waals surface area (Å²) in [5.74, 6) is 1.05. The van der Waals surface area contributed by atoms with Gasteiger partial charge in [0.2, 0.25) is 0 Å². The van der Waals surface area contributed by atoms with Crippen LogP contribution in [0.15, 0.2) is 59.1 Å². The summed E-state index contributed by atoms with van der Waals surface area (Å²) >= 11 is 6.25. The van der Waals surface area contributed by atoms with Gasteiger partial charge in [-0.2, -0.15) is 0 Å². The Hall–Kier alpha value is -2.99. The largest absolute Gasteiger partial charge is 0.454 e. The van der Waals surface area contributed by atoms with E-state index in [2.05, 4.69) is 5.32 Å². The van der Waals surface area contributed by atoms with E-state index in [9.17, 15) is 9.59 Å². The number of benzene rings is 1. The summed E-state index contributed by atoms with van der Waals surface area (Å²) in [6.07, 6.45) is 2.78. The molecule has 32 heavy (non-hydrogen) atoms. The van der Waals surface area contributed by atoms with Gasteiger partial charge in [-0.1, -0.05) is 44.5 Å². The summed E-state index contributed by atoms with van der Waals surface area (Å²) in [5.41, 5.74) is 1.48. The second kappa shape index (κ2) is 11.0. The highest BCUT2D eigenvalue weighted by Crippen LogP contribution is 2.20. The molecule has 3 rings (SSSR count). The number of nitrogens with one attached hydrogen (secondary N) is 1. The summed E-state index contributed by atoms with van der Waals surface area (Å²) < 4.78 is 7.79. The lowest BCUT2D eigenvalue weighted by Gasteiger charge is -2.23. The lowest BCUT2D eigenvalue weighted by molar-refractivity contribution is 0.0739. The van der Waals surface area contributed by atoms with E-state index >= 15 is 0 Å². The van der Waals surface area contributed by atoms with E-state index in [0.717, 1.165) is 12.1 Å². The number of rotatable bonds is 10. The van der Waals surface area contributed by atoms with Crippen molar-refractivity contribution in [3.05, 3.63) is 82.5 Å². The Labute approximate surface area is 194 Å². The molecule has 1 N–H and O–H groups in total. The van der Waals surface area contributed by atoms with Crippen LogP contribution in [0.5, 0.6) is 0 Å². The van der Waals surface area contributed by atoms with Gasteiger partial charge in [0.05, 0.1) is 23.7 Å². The third-order valence-electron chi connectivity index (χ3n) is 5.04. The van der Waals surface area contributed by atoms with Crippen LogP contribution in [-0.4, -0.2) is 34.4 Å². The molecule has 3 aromatic rings. The Morgan fingerprint density at radius 1 is 1.12 bits per heavy atom. The number of nitrogens with zero attached hydrogens (tertiary/aromatic N) is 2. The predicted octanol–water partition coefficient (Wildman–Crippen LogP) is 5.22. The fraction of sp³-hybridized carbons (Fsp3) is 0.360. The first-order chi connectivity index (χ1) is 15.4. The van der Waals surface area contributed by atoms with Crippen LogP contribution in [0.3, 0.4) is 0 Å². The van der Waals surface area contributed by atoms with Crippen LogP contribution in [0.2, 0.25) is 5.02 Å². The molecule has 2 heterocycles. The van der Waals surface area contributed by atoms with Gasteiger partial charge in [0.1, 0.15) is 5.76 Å². The molecule has 0 radical (unpaired) electrons. The van der Waals surface area contributed by atoms with Crippen LogP contribution in [0.1, 0.15) is 59.6 Å². The van der Waals surface area contributed by atoms with E-state index in [-0.39, 0.29) is 11.8 Å². The Bertz CT molecular complexity index is 1050. The minimum atomic E-state index is -0.211. The third-order valence-corrected chi connectivity index (χ3v) is 5.37. The molecule has 0 aliphatic rings. The van der Waals surface area contributed by atoms with Crippen LogP contribution in [0, 0.1) is 5.92 Å². The third kappa shape index (κ3) is 6.04. The minimum absolute atomic E-state index is 0.0905. The lowest BCUT2D eigenvalue weighted by Crippen LogP contribution is -2.32. The first-order valence-corrected chi connectivity index (χ1v) is 11.3. The van der Waals surface area contributed by atoms with Crippen molar-refractivity contribution < 1.29 is 14.0 Å². The number of aromatic nitrogens is 1. The summed E-state index contributed by atoms with van der Waals surface area (Å²) in [5, 5.41) is 3.31. The van der Waals surface area contributed by atoms with Gasteiger partial charge in [-0.05, 0) is 48.7 Å². The molecule has 7 heteroatoms. The van der Waals surface area contributed by atoms with Crippen LogP contribution in [0.25, 0.3) is 0 Å². The molecule has 0 bridgehead atoms. The normalized spacial score (nSPS) is 11.0. The van der Waals surface area contributed by atoms with Crippen LogP contribution in [0.4, 0.5) is 0 Å². The predicted molar refractivity (Wildman–Crippen MR) is 126 cm³/mol. The van der Waals surface area contributed by atoms with Crippen molar-refractivity contribution in [2.75, 3.05) is 13.1 Å². The Morgan fingerprint density at radius 2 is 1.91 bits per heavy atom. The molecule has 1 aromatic carbocycles. The standard InChI is InChI=1S/C25H30ClN3O3/c1-4-13-29(25(31)21-9-5-6-10-22(21)26)16-19-8-7-14-28(19)17-20-11-12-23(32-20)24(30)27-15-18(2)3/h5-12,14,18H,4,13,15-17H2,1-3H3,(H,27,30). The van der Waals surface area contributed by atoms with Gasteiger partial charge in [0.15, 0.2) is 5.76 Å². The van der Waals surface area contributed by atoms with Crippen LogP contribution < -0.4 is 5.32 Å². The van der Waals surface area contributed by atoms with Crippen molar-refractivity contribution >= 4 is 23.4 Å². The van der Waals surface area contributed by atoms with Crippen molar-refractivity contribution in [2.24, 2.45) is 5.92 Å².